The Bertz CT molecular complexity index is 483. The summed E-state index contributed by atoms with van der Waals surface area (Å²) in [5.41, 5.74) is 0. The molecule has 1 rings (SSSR count). The van der Waals surface area contributed by atoms with E-state index >= 15 is 0 Å². The average Bonchev–Trinajstić information content (AvgIpc) is 3.21. The molecule has 1 aromatic rings. The summed E-state index contributed by atoms with van der Waals surface area (Å²) in [5, 5.41) is 0. The number of rotatable bonds is 18. The zero-order valence-corrected chi connectivity index (χ0v) is 17.5. The predicted octanol–water partition coefficient (Wildman–Crippen LogP) is 6.74. The Morgan fingerprint density at radius 2 is 1.22 bits per heavy atom. The molecule has 0 unspecified atom stereocenters. The number of ketones is 1. The van der Waals surface area contributed by atoms with Gasteiger partial charge in [0.15, 0.2) is 0 Å². The minimum atomic E-state index is -0.0539. The molecular weight excluding hydrogens is 336 g/mol. The Balaban J connectivity index is 1.80. The molecule has 0 radical (unpaired) electrons. The minimum absolute atomic E-state index is 0.0539. The molecule has 0 bridgehead atoms. The van der Waals surface area contributed by atoms with E-state index in [1.54, 1.807) is 12.4 Å². The third-order valence-corrected chi connectivity index (χ3v) is 5.22. The fraction of sp³-hybridized carbons (Fsp3) is 0.783. The molecule has 0 aliphatic rings. The second kappa shape index (κ2) is 16.7. The molecule has 0 saturated carbocycles. The Morgan fingerprint density at radius 3 is 1.70 bits per heavy atom. The number of carbonyl (C=O) groups is 2. The number of nitrogens with zero attached hydrogens (tertiary/aromatic N) is 2. The van der Waals surface area contributed by atoms with E-state index in [1.165, 1.54) is 87.9 Å². The molecule has 0 aromatic carbocycles. The van der Waals surface area contributed by atoms with Gasteiger partial charge >= 0.3 is 0 Å². The zero-order valence-electron chi connectivity index (χ0n) is 17.5. The molecule has 0 aliphatic carbocycles. The van der Waals surface area contributed by atoms with Gasteiger partial charge in [0.05, 0.1) is 0 Å². The highest BCUT2D eigenvalue weighted by molar-refractivity contribution is 5.85. The summed E-state index contributed by atoms with van der Waals surface area (Å²) in [6.07, 6.45) is 24.5. The maximum atomic E-state index is 11.9. The molecule has 154 valence electrons. The molecule has 0 saturated heterocycles. The molecule has 4 heteroatoms. The second-order valence-electron chi connectivity index (χ2n) is 7.75. The first-order valence-corrected chi connectivity index (χ1v) is 11.3. The van der Waals surface area contributed by atoms with Crippen LogP contribution in [0.1, 0.15) is 121 Å². The average molecular weight is 377 g/mol. The Labute approximate surface area is 166 Å². The summed E-state index contributed by atoms with van der Waals surface area (Å²) in [7, 11) is 0. The lowest BCUT2D eigenvalue weighted by atomic mass is 10.0. The van der Waals surface area contributed by atoms with Gasteiger partial charge in [0.1, 0.15) is 12.1 Å². The number of carbonyl (C=O) groups excluding carboxylic acids is 2. The van der Waals surface area contributed by atoms with Crippen LogP contribution in [0.25, 0.3) is 0 Å². The van der Waals surface area contributed by atoms with Gasteiger partial charge < -0.3 is 0 Å². The minimum Gasteiger partial charge on any atom is -0.300 e. The van der Waals surface area contributed by atoms with Crippen molar-refractivity contribution in [2.24, 2.45) is 0 Å². The zero-order chi connectivity index (χ0) is 19.6. The smallest absolute Gasteiger partial charge is 0.232 e. The van der Waals surface area contributed by atoms with Crippen LogP contribution in [0.4, 0.5) is 0 Å². The predicted molar refractivity (Wildman–Crippen MR) is 112 cm³/mol. The highest BCUT2D eigenvalue weighted by atomic mass is 16.2. The van der Waals surface area contributed by atoms with Crippen molar-refractivity contribution in [3.8, 4) is 0 Å². The largest absolute Gasteiger partial charge is 0.300 e. The molecule has 0 spiro atoms. The topological polar surface area (TPSA) is 52.0 Å². The monoisotopic (exact) mass is 376 g/mol. The van der Waals surface area contributed by atoms with E-state index in [0.717, 1.165) is 12.8 Å². The summed E-state index contributed by atoms with van der Waals surface area (Å²) in [5.74, 6) is 0.157. The van der Waals surface area contributed by atoms with Gasteiger partial charge in [0, 0.05) is 31.7 Å². The van der Waals surface area contributed by atoms with E-state index in [0.29, 0.717) is 12.8 Å². The van der Waals surface area contributed by atoms with Crippen molar-refractivity contribution in [3.05, 3.63) is 18.7 Å². The van der Waals surface area contributed by atoms with Crippen LogP contribution >= 0.6 is 0 Å². The van der Waals surface area contributed by atoms with Gasteiger partial charge in [0.2, 0.25) is 5.91 Å². The van der Waals surface area contributed by atoms with Crippen molar-refractivity contribution in [1.29, 1.82) is 0 Å². The van der Waals surface area contributed by atoms with Crippen LogP contribution in [0.2, 0.25) is 0 Å². The molecule has 0 atom stereocenters. The van der Waals surface area contributed by atoms with Crippen LogP contribution in [0.3, 0.4) is 0 Å². The van der Waals surface area contributed by atoms with E-state index < -0.39 is 0 Å². The summed E-state index contributed by atoms with van der Waals surface area (Å²) in [4.78, 5) is 27.5. The SMILES string of the molecule is CCCCCCCCCCCCCCCCC(=O)CCC(=O)n1ccnc1. The van der Waals surface area contributed by atoms with Gasteiger partial charge in [-0.2, -0.15) is 0 Å². The van der Waals surface area contributed by atoms with Crippen LogP contribution in [0.15, 0.2) is 18.7 Å². The number of Topliss-reactive ketones (excluding diaryl/α,β-unsaturated/α-hetero) is 1. The number of hydrogen-bond donors (Lipinski definition) is 0. The van der Waals surface area contributed by atoms with Crippen molar-refractivity contribution < 1.29 is 9.59 Å². The van der Waals surface area contributed by atoms with Crippen molar-refractivity contribution in [3.63, 3.8) is 0 Å². The van der Waals surface area contributed by atoms with Crippen molar-refractivity contribution in [2.45, 2.75) is 116 Å². The first-order chi connectivity index (χ1) is 13.2. The van der Waals surface area contributed by atoms with Crippen molar-refractivity contribution in [1.82, 2.24) is 9.55 Å². The van der Waals surface area contributed by atoms with Crippen LogP contribution in [-0.2, 0) is 4.79 Å². The molecule has 0 fully saturated rings. The first-order valence-electron chi connectivity index (χ1n) is 11.3. The Morgan fingerprint density at radius 1 is 0.704 bits per heavy atom. The summed E-state index contributed by atoms with van der Waals surface area (Å²) in [6.45, 7) is 2.27. The summed E-state index contributed by atoms with van der Waals surface area (Å²) < 4.78 is 1.44. The molecule has 27 heavy (non-hydrogen) atoms. The Hall–Kier alpha value is -1.45. The normalized spacial score (nSPS) is 11.0. The number of hydrogen-bond acceptors (Lipinski definition) is 3. The maximum Gasteiger partial charge on any atom is 0.232 e. The van der Waals surface area contributed by atoms with Gasteiger partial charge in [-0.1, -0.05) is 90.4 Å². The highest BCUT2D eigenvalue weighted by Gasteiger charge is 2.08. The molecule has 4 nitrogen and oxygen atoms in total. The third-order valence-electron chi connectivity index (χ3n) is 5.22. The van der Waals surface area contributed by atoms with Crippen LogP contribution in [0, 0.1) is 0 Å². The van der Waals surface area contributed by atoms with Gasteiger partial charge in [-0.15, -0.1) is 0 Å². The van der Waals surface area contributed by atoms with Gasteiger partial charge in [-0.05, 0) is 6.42 Å². The molecular formula is C23H40N2O2. The molecule has 0 aliphatic heterocycles. The number of aromatic nitrogens is 2. The first kappa shape index (κ1) is 23.6. The molecule has 0 amide bonds. The van der Waals surface area contributed by atoms with Gasteiger partial charge in [0.25, 0.3) is 0 Å². The molecule has 0 N–H and O–H groups in total. The fourth-order valence-corrected chi connectivity index (χ4v) is 3.42. The maximum absolute atomic E-state index is 11.9. The lowest BCUT2D eigenvalue weighted by Gasteiger charge is -2.04. The summed E-state index contributed by atoms with van der Waals surface area (Å²) in [6, 6.07) is 0. The highest BCUT2D eigenvalue weighted by Crippen LogP contribution is 2.13. The van der Waals surface area contributed by atoms with E-state index in [1.807, 2.05) is 0 Å². The molecule has 1 heterocycles. The van der Waals surface area contributed by atoms with Crippen molar-refractivity contribution >= 4 is 11.7 Å². The van der Waals surface area contributed by atoms with E-state index in [-0.39, 0.29) is 18.1 Å². The standard InChI is InChI=1S/C23H40N2O2/c1-2-3-4-5-6-7-8-9-10-11-12-13-14-15-16-22(26)17-18-23(27)25-20-19-24-21-25/h19-21H,2-18H2,1H3. The lowest BCUT2D eigenvalue weighted by Crippen LogP contribution is -2.10. The van der Waals surface area contributed by atoms with Gasteiger partial charge in [-0.25, -0.2) is 4.98 Å². The number of imidazole rings is 1. The van der Waals surface area contributed by atoms with Crippen LogP contribution < -0.4 is 0 Å². The van der Waals surface area contributed by atoms with E-state index in [9.17, 15) is 9.59 Å². The van der Waals surface area contributed by atoms with E-state index in [2.05, 4.69) is 11.9 Å². The fourth-order valence-electron chi connectivity index (χ4n) is 3.42. The quantitative estimate of drug-likeness (QED) is 0.266. The third kappa shape index (κ3) is 13.4. The number of unbranched alkanes of at least 4 members (excludes halogenated alkanes) is 13. The van der Waals surface area contributed by atoms with Crippen LogP contribution in [0.5, 0.6) is 0 Å². The lowest BCUT2D eigenvalue weighted by molar-refractivity contribution is -0.119. The Kier molecular flexibility index (Phi) is 14.6. The van der Waals surface area contributed by atoms with Crippen LogP contribution in [-0.4, -0.2) is 21.2 Å². The molecule has 1 aromatic heterocycles. The van der Waals surface area contributed by atoms with Crippen molar-refractivity contribution in [2.75, 3.05) is 0 Å². The second-order valence-corrected chi connectivity index (χ2v) is 7.75. The van der Waals surface area contributed by atoms with E-state index in [4.69, 9.17) is 0 Å². The van der Waals surface area contributed by atoms with Gasteiger partial charge in [-0.3, -0.25) is 14.2 Å². The summed E-state index contributed by atoms with van der Waals surface area (Å²) >= 11 is 0.